The Balaban J connectivity index is 0.000000704. The maximum atomic E-state index is 6.47. The standard InChI is InChI=1S/C26H42O2.C2H6.CH4.H2O/c1-18-17-24-11-5-4-7-20(24)9-10-22-21-8-6-12-26(27-15-16-28-26)23(21,3)13-14-25(22,24)19(18)2;1-2;;/h18-22H,4-17H2,1-3H3;1-2H3;1H4;1H2/t18?,19?,20?,21?,22?,23-,24+,25?;;;/m0.../s1. The number of hydrogen-bond donors (Lipinski definition) is 0. The molecular weight excluding hydrogens is 396 g/mol. The molecule has 6 unspecified atom stereocenters. The summed E-state index contributed by atoms with van der Waals surface area (Å²) in [6.07, 6.45) is 17.3. The van der Waals surface area contributed by atoms with Gasteiger partial charge in [0.25, 0.3) is 0 Å². The molecule has 188 valence electrons. The molecule has 0 aromatic carbocycles. The summed E-state index contributed by atoms with van der Waals surface area (Å²) >= 11 is 0. The average molecular weight is 451 g/mol. The SMILES string of the molecule is C.CC.CC1C[C@]23CCCCC2CCC2C4CCCC5(OCCO5)[C@@]4(C)CCC23C1C.O. The second kappa shape index (κ2) is 9.15. The Morgan fingerprint density at radius 2 is 1.47 bits per heavy atom. The number of fused-ring (bicyclic) bond motifs is 3. The highest BCUT2D eigenvalue weighted by molar-refractivity contribution is 5.21. The van der Waals surface area contributed by atoms with Crippen molar-refractivity contribution in [3.63, 3.8) is 0 Å². The molecule has 6 rings (SSSR count). The summed E-state index contributed by atoms with van der Waals surface area (Å²) in [5.41, 5.74) is 1.54. The van der Waals surface area contributed by atoms with Gasteiger partial charge in [0.1, 0.15) is 0 Å². The highest BCUT2D eigenvalue weighted by atomic mass is 16.7. The Morgan fingerprint density at radius 1 is 0.750 bits per heavy atom. The molecule has 3 nitrogen and oxygen atoms in total. The van der Waals surface area contributed by atoms with Gasteiger partial charge in [0, 0.05) is 11.8 Å². The first-order valence-corrected chi connectivity index (χ1v) is 13.8. The normalized spacial score (nSPS) is 50.3. The molecule has 1 heterocycles. The summed E-state index contributed by atoms with van der Waals surface area (Å²) in [5, 5.41) is 0. The van der Waals surface area contributed by atoms with Gasteiger partial charge in [0.15, 0.2) is 5.79 Å². The maximum absolute atomic E-state index is 6.47. The van der Waals surface area contributed by atoms with Gasteiger partial charge in [-0.05, 0) is 98.2 Å². The van der Waals surface area contributed by atoms with Crippen LogP contribution in [0.5, 0.6) is 0 Å². The lowest BCUT2D eigenvalue weighted by molar-refractivity contribution is -0.311. The minimum absolute atomic E-state index is 0. The molecule has 5 aliphatic carbocycles. The van der Waals surface area contributed by atoms with E-state index in [1.54, 1.807) is 6.42 Å². The predicted molar refractivity (Wildman–Crippen MR) is 134 cm³/mol. The van der Waals surface area contributed by atoms with E-state index >= 15 is 0 Å². The third kappa shape index (κ3) is 3.02. The van der Waals surface area contributed by atoms with Crippen molar-refractivity contribution in [3.05, 3.63) is 0 Å². The van der Waals surface area contributed by atoms with E-state index in [4.69, 9.17) is 9.47 Å². The first-order valence-electron chi connectivity index (χ1n) is 13.8. The van der Waals surface area contributed by atoms with Crippen LogP contribution >= 0.6 is 0 Å². The molecule has 3 spiro atoms. The van der Waals surface area contributed by atoms with Crippen LogP contribution in [-0.2, 0) is 9.47 Å². The zero-order chi connectivity index (χ0) is 21.2. The second-order valence-corrected chi connectivity index (χ2v) is 12.2. The Morgan fingerprint density at radius 3 is 2.19 bits per heavy atom. The minimum Gasteiger partial charge on any atom is -0.412 e. The lowest BCUT2D eigenvalue weighted by atomic mass is 9.35. The number of rotatable bonds is 0. The molecule has 2 N–H and O–H groups in total. The Bertz CT molecular complexity index is 642. The van der Waals surface area contributed by atoms with Crippen molar-refractivity contribution >= 4 is 0 Å². The molecule has 5 saturated carbocycles. The Labute approximate surface area is 199 Å². The van der Waals surface area contributed by atoms with Gasteiger partial charge < -0.3 is 14.9 Å². The topological polar surface area (TPSA) is 50.0 Å². The van der Waals surface area contributed by atoms with Crippen LogP contribution in [0.3, 0.4) is 0 Å². The van der Waals surface area contributed by atoms with Crippen LogP contribution in [0.15, 0.2) is 0 Å². The van der Waals surface area contributed by atoms with E-state index in [2.05, 4.69) is 20.8 Å². The van der Waals surface area contributed by atoms with Gasteiger partial charge in [-0.2, -0.15) is 0 Å². The molecule has 0 radical (unpaired) electrons. The maximum Gasteiger partial charge on any atom is 0.174 e. The molecule has 1 saturated heterocycles. The van der Waals surface area contributed by atoms with Crippen LogP contribution in [-0.4, -0.2) is 24.5 Å². The lowest BCUT2D eigenvalue weighted by Gasteiger charge is -2.70. The molecule has 8 atom stereocenters. The molecule has 0 aromatic rings. The van der Waals surface area contributed by atoms with Crippen molar-refractivity contribution in [2.45, 2.75) is 125 Å². The van der Waals surface area contributed by atoms with Crippen molar-refractivity contribution in [2.75, 3.05) is 13.2 Å². The van der Waals surface area contributed by atoms with Gasteiger partial charge in [-0.25, -0.2) is 0 Å². The van der Waals surface area contributed by atoms with E-state index in [1.165, 1.54) is 64.2 Å². The molecule has 0 amide bonds. The zero-order valence-electron chi connectivity index (χ0n) is 21.1. The first-order chi connectivity index (χ1) is 14.5. The van der Waals surface area contributed by atoms with Crippen LogP contribution < -0.4 is 0 Å². The molecule has 6 aliphatic rings. The summed E-state index contributed by atoms with van der Waals surface area (Å²) < 4.78 is 12.9. The average Bonchev–Trinajstić information content (AvgIpc) is 3.32. The van der Waals surface area contributed by atoms with Crippen molar-refractivity contribution in [3.8, 4) is 0 Å². The molecule has 6 fully saturated rings. The van der Waals surface area contributed by atoms with Crippen LogP contribution in [0.25, 0.3) is 0 Å². The highest BCUT2D eigenvalue weighted by Crippen LogP contribution is 2.79. The van der Waals surface area contributed by atoms with E-state index in [-0.39, 0.29) is 24.1 Å². The Kier molecular flexibility index (Phi) is 7.58. The van der Waals surface area contributed by atoms with Crippen LogP contribution in [0.4, 0.5) is 0 Å². The second-order valence-electron chi connectivity index (χ2n) is 12.2. The number of ether oxygens (including phenoxy) is 2. The fourth-order valence-corrected chi connectivity index (χ4v) is 10.9. The van der Waals surface area contributed by atoms with Crippen LogP contribution in [0, 0.1) is 45.8 Å². The fourth-order valence-electron chi connectivity index (χ4n) is 10.9. The van der Waals surface area contributed by atoms with E-state index in [0.717, 1.165) is 49.2 Å². The van der Waals surface area contributed by atoms with Crippen LogP contribution in [0.2, 0.25) is 0 Å². The summed E-state index contributed by atoms with van der Waals surface area (Å²) in [7, 11) is 0. The van der Waals surface area contributed by atoms with Gasteiger partial charge in [0.05, 0.1) is 13.2 Å². The van der Waals surface area contributed by atoms with Gasteiger partial charge in [0.2, 0.25) is 0 Å². The third-order valence-electron chi connectivity index (χ3n) is 12.0. The van der Waals surface area contributed by atoms with E-state index in [1.807, 2.05) is 13.8 Å². The van der Waals surface area contributed by atoms with Crippen molar-refractivity contribution < 1.29 is 14.9 Å². The van der Waals surface area contributed by atoms with Crippen LogP contribution in [0.1, 0.15) is 119 Å². The fraction of sp³-hybridized carbons (Fsp3) is 1.00. The van der Waals surface area contributed by atoms with Crippen molar-refractivity contribution in [1.82, 2.24) is 0 Å². The van der Waals surface area contributed by atoms with Gasteiger partial charge in [-0.1, -0.05) is 54.9 Å². The van der Waals surface area contributed by atoms with E-state index in [0.29, 0.717) is 10.8 Å². The summed E-state index contributed by atoms with van der Waals surface area (Å²) in [4.78, 5) is 0. The molecule has 0 aromatic heterocycles. The van der Waals surface area contributed by atoms with Crippen molar-refractivity contribution in [1.29, 1.82) is 0 Å². The molecule has 32 heavy (non-hydrogen) atoms. The zero-order valence-corrected chi connectivity index (χ0v) is 21.1. The molecule has 0 bridgehead atoms. The lowest BCUT2D eigenvalue weighted by Crippen LogP contribution is -2.66. The summed E-state index contributed by atoms with van der Waals surface area (Å²) in [5.74, 6) is 4.35. The predicted octanol–water partition coefficient (Wildman–Crippen LogP) is 7.42. The van der Waals surface area contributed by atoms with E-state index < -0.39 is 0 Å². The Hall–Kier alpha value is -0.120. The first kappa shape index (κ1) is 26.5. The monoisotopic (exact) mass is 450 g/mol. The molecule has 1 aliphatic heterocycles. The smallest absolute Gasteiger partial charge is 0.174 e. The molecular formula is C29H54O3. The largest absolute Gasteiger partial charge is 0.412 e. The quantitative estimate of drug-likeness (QED) is 0.385. The summed E-state index contributed by atoms with van der Waals surface area (Å²) in [6, 6.07) is 0. The van der Waals surface area contributed by atoms with Gasteiger partial charge in [-0.3, -0.25) is 0 Å². The third-order valence-corrected chi connectivity index (χ3v) is 12.0. The van der Waals surface area contributed by atoms with Gasteiger partial charge in [-0.15, -0.1) is 0 Å². The van der Waals surface area contributed by atoms with E-state index in [9.17, 15) is 0 Å². The van der Waals surface area contributed by atoms with Gasteiger partial charge >= 0.3 is 0 Å². The summed E-state index contributed by atoms with van der Waals surface area (Å²) in [6.45, 7) is 13.5. The molecule has 3 heteroatoms. The minimum atomic E-state index is -0.248. The number of hydrogen-bond acceptors (Lipinski definition) is 2. The van der Waals surface area contributed by atoms with Crippen molar-refractivity contribution in [2.24, 2.45) is 45.8 Å². The highest BCUT2D eigenvalue weighted by Gasteiger charge is 2.74.